The van der Waals surface area contributed by atoms with E-state index in [4.69, 9.17) is 4.74 Å². The van der Waals surface area contributed by atoms with Gasteiger partial charge in [0, 0.05) is 6.04 Å². The first-order chi connectivity index (χ1) is 10.2. The zero-order valence-electron chi connectivity index (χ0n) is 14.1. The van der Waals surface area contributed by atoms with E-state index in [1.165, 1.54) is 51.6 Å². The standard InChI is InChI=1S/C18H33NO2/c1-4-14(5-2)12-15-13-16(18(20)21-6-3)17(15)19-10-8-7-9-11-19/h14-17H,4-13H2,1-3H3. The van der Waals surface area contributed by atoms with Gasteiger partial charge in [0.2, 0.25) is 0 Å². The van der Waals surface area contributed by atoms with E-state index < -0.39 is 0 Å². The van der Waals surface area contributed by atoms with Gasteiger partial charge in [0.15, 0.2) is 0 Å². The minimum atomic E-state index is 0.0499. The first-order valence-electron chi connectivity index (χ1n) is 9.11. The van der Waals surface area contributed by atoms with E-state index in [1.807, 2.05) is 6.92 Å². The SMILES string of the molecule is CCOC(=O)C1CC(CC(CC)CC)C1N1CCCCC1. The number of rotatable bonds is 7. The number of hydrogen-bond donors (Lipinski definition) is 0. The average Bonchev–Trinajstić information content (AvgIpc) is 2.48. The Hall–Kier alpha value is -0.570. The summed E-state index contributed by atoms with van der Waals surface area (Å²) in [4.78, 5) is 14.8. The molecule has 3 unspecified atom stereocenters. The van der Waals surface area contributed by atoms with Crippen LogP contribution in [0.1, 0.15) is 65.7 Å². The van der Waals surface area contributed by atoms with Gasteiger partial charge in [0.25, 0.3) is 0 Å². The Labute approximate surface area is 130 Å². The number of hydrogen-bond acceptors (Lipinski definition) is 3. The van der Waals surface area contributed by atoms with Crippen LogP contribution >= 0.6 is 0 Å². The molecule has 2 rings (SSSR count). The molecule has 1 saturated carbocycles. The Morgan fingerprint density at radius 2 is 1.81 bits per heavy atom. The summed E-state index contributed by atoms with van der Waals surface area (Å²) in [6.07, 6.45) is 8.83. The van der Waals surface area contributed by atoms with Crippen LogP contribution in [0, 0.1) is 17.8 Å². The predicted octanol–water partition coefficient (Wildman–Crippen LogP) is 3.87. The van der Waals surface area contributed by atoms with Gasteiger partial charge in [0.05, 0.1) is 12.5 Å². The van der Waals surface area contributed by atoms with Crippen molar-refractivity contribution in [2.24, 2.45) is 17.8 Å². The summed E-state index contributed by atoms with van der Waals surface area (Å²) in [6.45, 7) is 9.38. The van der Waals surface area contributed by atoms with Crippen molar-refractivity contribution >= 4 is 5.97 Å². The molecule has 21 heavy (non-hydrogen) atoms. The second-order valence-corrected chi connectivity index (χ2v) is 6.86. The largest absolute Gasteiger partial charge is 0.466 e. The minimum Gasteiger partial charge on any atom is -0.466 e. The molecule has 0 spiro atoms. The Kier molecular flexibility index (Phi) is 6.53. The lowest BCUT2D eigenvalue weighted by molar-refractivity contribution is -0.160. The summed E-state index contributed by atoms with van der Waals surface area (Å²) in [5, 5.41) is 0. The van der Waals surface area contributed by atoms with E-state index in [0.29, 0.717) is 18.6 Å². The fourth-order valence-corrected chi connectivity index (χ4v) is 4.28. The molecule has 2 fully saturated rings. The van der Waals surface area contributed by atoms with Crippen molar-refractivity contribution in [2.75, 3.05) is 19.7 Å². The zero-order valence-corrected chi connectivity index (χ0v) is 14.1. The monoisotopic (exact) mass is 295 g/mol. The van der Waals surface area contributed by atoms with E-state index in [9.17, 15) is 4.79 Å². The van der Waals surface area contributed by atoms with Crippen LogP contribution in [0.5, 0.6) is 0 Å². The van der Waals surface area contributed by atoms with Gasteiger partial charge in [-0.25, -0.2) is 0 Å². The lowest BCUT2D eigenvalue weighted by Crippen LogP contribution is -2.58. The summed E-state index contributed by atoms with van der Waals surface area (Å²) < 4.78 is 5.31. The molecule has 3 nitrogen and oxygen atoms in total. The molecule has 3 heteroatoms. The van der Waals surface area contributed by atoms with E-state index in [1.54, 1.807) is 0 Å². The molecule has 0 amide bonds. The van der Waals surface area contributed by atoms with Gasteiger partial charge < -0.3 is 4.74 Å². The average molecular weight is 295 g/mol. The second-order valence-electron chi connectivity index (χ2n) is 6.86. The third kappa shape index (κ3) is 4.00. The highest BCUT2D eigenvalue weighted by atomic mass is 16.5. The first-order valence-corrected chi connectivity index (χ1v) is 9.11. The van der Waals surface area contributed by atoms with E-state index in [0.717, 1.165) is 12.3 Å². The molecule has 0 N–H and O–H groups in total. The van der Waals surface area contributed by atoms with E-state index in [2.05, 4.69) is 18.7 Å². The number of ether oxygens (including phenoxy) is 1. The molecule has 1 heterocycles. The molecule has 122 valence electrons. The number of likely N-dealkylation sites (tertiary alicyclic amines) is 1. The smallest absolute Gasteiger partial charge is 0.310 e. The first kappa shape index (κ1) is 16.8. The molecule has 0 aromatic carbocycles. The van der Waals surface area contributed by atoms with Crippen LogP contribution in [0.4, 0.5) is 0 Å². The van der Waals surface area contributed by atoms with Gasteiger partial charge in [-0.1, -0.05) is 33.1 Å². The van der Waals surface area contributed by atoms with Gasteiger partial charge in [0.1, 0.15) is 0 Å². The van der Waals surface area contributed by atoms with Gasteiger partial charge in [-0.15, -0.1) is 0 Å². The number of piperidine rings is 1. The molecule has 0 bridgehead atoms. The number of carbonyl (C=O) groups is 1. The molecule has 1 saturated heterocycles. The molecule has 1 aliphatic carbocycles. The maximum Gasteiger partial charge on any atom is 0.310 e. The molecule has 2 aliphatic rings. The lowest BCUT2D eigenvalue weighted by Gasteiger charge is -2.51. The maximum atomic E-state index is 12.2. The minimum absolute atomic E-state index is 0.0499. The van der Waals surface area contributed by atoms with Crippen molar-refractivity contribution < 1.29 is 9.53 Å². The highest BCUT2D eigenvalue weighted by molar-refractivity contribution is 5.74. The van der Waals surface area contributed by atoms with E-state index in [-0.39, 0.29) is 11.9 Å². The molecule has 0 aromatic rings. The molecule has 3 atom stereocenters. The van der Waals surface area contributed by atoms with Crippen molar-refractivity contribution in [1.82, 2.24) is 4.90 Å². The number of carbonyl (C=O) groups excluding carboxylic acids is 1. The molecular weight excluding hydrogens is 262 g/mol. The summed E-state index contributed by atoms with van der Waals surface area (Å²) in [7, 11) is 0. The Morgan fingerprint density at radius 1 is 1.14 bits per heavy atom. The van der Waals surface area contributed by atoms with Gasteiger partial charge in [-0.05, 0) is 57.5 Å². The normalized spacial score (nSPS) is 30.2. The van der Waals surface area contributed by atoms with Crippen LogP contribution in [-0.2, 0) is 9.53 Å². The summed E-state index contributed by atoms with van der Waals surface area (Å²) in [5.41, 5.74) is 0. The molecule has 1 aliphatic heterocycles. The van der Waals surface area contributed by atoms with Crippen molar-refractivity contribution in [1.29, 1.82) is 0 Å². The van der Waals surface area contributed by atoms with Crippen LogP contribution in [0.15, 0.2) is 0 Å². The van der Waals surface area contributed by atoms with Crippen LogP contribution in [-0.4, -0.2) is 36.6 Å². The Morgan fingerprint density at radius 3 is 2.38 bits per heavy atom. The van der Waals surface area contributed by atoms with Crippen LogP contribution in [0.25, 0.3) is 0 Å². The highest BCUT2D eigenvalue weighted by Gasteiger charge is 2.49. The van der Waals surface area contributed by atoms with Gasteiger partial charge >= 0.3 is 5.97 Å². The Balaban J connectivity index is 1.99. The zero-order chi connectivity index (χ0) is 15.2. The van der Waals surface area contributed by atoms with Gasteiger partial charge in [-0.3, -0.25) is 9.69 Å². The predicted molar refractivity (Wildman–Crippen MR) is 86.1 cm³/mol. The number of nitrogens with zero attached hydrogens (tertiary/aromatic N) is 1. The fraction of sp³-hybridized carbons (Fsp3) is 0.944. The Bertz CT molecular complexity index is 321. The van der Waals surface area contributed by atoms with Crippen molar-refractivity contribution in [2.45, 2.75) is 71.8 Å². The van der Waals surface area contributed by atoms with Crippen molar-refractivity contribution in [3.63, 3.8) is 0 Å². The van der Waals surface area contributed by atoms with Gasteiger partial charge in [-0.2, -0.15) is 0 Å². The summed E-state index contributed by atoms with van der Waals surface area (Å²) in [5.74, 6) is 1.73. The molecule has 0 radical (unpaired) electrons. The van der Waals surface area contributed by atoms with Crippen LogP contribution in [0.2, 0.25) is 0 Å². The lowest BCUT2D eigenvalue weighted by atomic mass is 9.65. The van der Waals surface area contributed by atoms with Crippen molar-refractivity contribution in [3.05, 3.63) is 0 Å². The van der Waals surface area contributed by atoms with Crippen LogP contribution < -0.4 is 0 Å². The maximum absolute atomic E-state index is 12.2. The second kappa shape index (κ2) is 8.17. The summed E-state index contributed by atoms with van der Waals surface area (Å²) in [6, 6.07) is 0.463. The fourth-order valence-electron chi connectivity index (χ4n) is 4.28. The van der Waals surface area contributed by atoms with Crippen molar-refractivity contribution in [3.8, 4) is 0 Å². The quantitative estimate of drug-likeness (QED) is 0.668. The third-order valence-corrected chi connectivity index (χ3v) is 5.64. The van der Waals surface area contributed by atoms with Crippen LogP contribution in [0.3, 0.4) is 0 Å². The highest BCUT2D eigenvalue weighted by Crippen LogP contribution is 2.44. The topological polar surface area (TPSA) is 29.5 Å². The number of esters is 1. The molecular formula is C18H33NO2. The third-order valence-electron chi connectivity index (χ3n) is 5.64. The summed E-state index contributed by atoms with van der Waals surface area (Å²) >= 11 is 0. The van der Waals surface area contributed by atoms with E-state index >= 15 is 0 Å². The molecule has 0 aromatic heterocycles.